The third-order valence-electron chi connectivity index (χ3n) is 5.46. The molecule has 3 heterocycles. The Kier molecular flexibility index (Phi) is 5.35. The number of aromatic nitrogens is 2. The second kappa shape index (κ2) is 8.59. The van der Waals surface area contributed by atoms with Gasteiger partial charge in [-0.15, -0.1) is 0 Å². The molecule has 2 aliphatic rings. The van der Waals surface area contributed by atoms with Crippen LogP contribution in [-0.4, -0.2) is 47.8 Å². The molecule has 30 heavy (non-hydrogen) atoms. The molecule has 0 radical (unpaired) electrons. The summed E-state index contributed by atoms with van der Waals surface area (Å²) in [5, 5.41) is 3.39. The van der Waals surface area contributed by atoms with Crippen LogP contribution in [0.25, 0.3) is 0 Å². The molecule has 154 valence electrons. The van der Waals surface area contributed by atoms with E-state index in [1.807, 2.05) is 36.5 Å². The van der Waals surface area contributed by atoms with E-state index < -0.39 is 0 Å². The predicted molar refractivity (Wildman–Crippen MR) is 116 cm³/mol. The first-order valence-electron chi connectivity index (χ1n) is 10.3. The zero-order valence-corrected chi connectivity index (χ0v) is 16.8. The normalized spacial score (nSPS) is 15.9. The zero-order chi connectivity index (χ0) is 20.2. The Labute approximate surface area is 176 Å². The van der Waals surface area contributed by atoms with Crippen LogP contribution in [0.2, 0.25) is 0 Å². The van der Waals surface area contributed by atoms with Crippen LogP contribution in [0.15, 0.2) is 60.8 Å². The van der Waals surface area contributed by atoms with Gasteiger partial charge in [-0.25, -0.2) is 4.98 Å². The topological polar surface area (TPSA) is 62.8 Å². The van der Waals surface area contributed by atoms with Gasteiger partial charge in [-0.2, -0.15) is 4.98 Å². The molecule has 0 unspecified atom stereocenters. The smallest absolute Gasteiger partial charge is 0.231 e. The molecule has 7 heteroatoms. The first-order valence-corrected chi connectivity index (χ1v) is 10.3. The molecular weight excluding hydrogens is 378 g/mol. The number of piperazine rings is 1. The van der Waals surface area contributed by atoms with Crippen molar-refractivity contribution in [1.82, 2.24) is 14.9 Å². The lowest BCUT2D eigenvalue weighted by Gasteiger charge is -2.34. The van der Waals surface area contributed by atoms with Gasteiger partial charge in [-0.1, -0.05) is 36.4 Å². The number of anilines is 2. The molecule has 0 spiro atoms. The van der Waals surface area contributed by atoms with Crippen molar-refractivity contribution in [3.8, 4) is 11.5 Å². The van der Waals surface area contributed by atoms with Crippen LogP contribution in [-0.2, 0) is 13.1 Å². The van der Waals surface area contributed by atoms with Gasteiger partial charge in [0.15, 0.2) is 11.5 Å². The molecule has 1 aromatic heterocycles. The van der Waals surface area contributed by atoms with Crippen LogP contribution in [0.5, 0.6) is 11.5 Å². The maximum absolute atomic E-state index is 5.49. The SMILES string of the molecule is c1ccc(CNc2ccnc(N3CCN(Cc4ccc5c(c4)OCO5)CC3)n2)cc1. The molecule has 7 nitrogen and oxygen atoms in total. The Morgan fingerprint density at radius 1 is 0.867 bits per heavy atom. The largest absolute Gasteiger partial charge is 0.454 e. The predicted octanol–water partition coefficient (Wildman–Crippen LogP) is 3.14. The second-order valence-electron chi connectivity index (χ2n) is 7.53. The molecule has 0 saturated carbocycles. The van der Waals surface area contributed by atoms with Crippen molar-refractivity contribution in [3.05, 3.63) is 71.9 Å². The van der Waals surface area contributed by atoms with Gasteiger partial charge >= 0.3 is 0 Å². The van der Waals surface area contributed by atoms with E-state index in [9.17, 15) is 0 Å². The Bertz CT molecular complexity index is 990. The fraction of sp³-hybridized carbons (Fsp3) is 0.304. The van der Waals surface area contributed by atoms with E-state index in [2.05, 4.69) is 44.4 Å². The second-order valence-corrected chi connectivity index (χ2v) is 7.53. The van der Waals surface area contributed by atoms with Crippen molar-refractivity contribution in [2.75, 3.05) is 43.2 Å². The highest BCUT2D eigenvalue weighted by Crippen LogP contribution is 2.32. The van der Waals surface area contributed by atoms with Crippen molar-refractivity contribution in [1.29, 1.82) is 0 Å². The standard InChI is InChI=1S/C23H25N5O2/c1-2-4-18(5-3-1)15-25-22-8-9-24-23(26-22)28-12-10-27(11-13-28)16-19-6-7-20-21(14-19)30-17-29-20/h1-9,14H,10-13,15-17H2,(H,24,25,26). The Balaban J connectivity index is 1.15. The molecule has 0 bridgehead atoms. The fourth-order valence-corrected chi connectivity index (χ4v) is 3.79. The summed E-state index contributed by atoms with van der Waals surface area (Å²) in [6.45, 7) is 5.74. The molecule has 0 amide bonds. The van der Waals surface area contributed by atoms with E-state index >= 15 is 0 Å². The number of fused-ring (bicyclic) bond motifs is 1. The average molecular weight is 403 g/mol. The van der Waals surface area contributed by atoms with Gasteiger partial charge in [0.05, 0.1) is 0 Å². The van der Waals surface area contributed by atoms with Gasteiger partial charge in [-0.3, -0.25) is 4.90 Å². The van der Waals surface area contributed by atoms with Crippen molar-refractivity contribution < 1.29 is 9.47 Å². The van der Waals surface area contributed by atoms with E-state index in [4.69, 9.17) is 14.5 Å². The summed E-state index contributed by atoms with van der Waals surface area (Å²) in [5.41, 5.74) is 2.48. The first kappa shape index (κ1) is 18.7. The number of nitrogens with zero attached hydrogens (tertiary/aromatic N) is 4. The Morgan fingerprint density at radius 2 is 1.70 bits per heavy atom. The molecule has 5 rings (SSSR count). The van der Waals surface area contributed by atoms with Gasteiger partial charge in [0.2, 0.25) is 12.7 Å². The molecule has 0 aliphatic carbocycles. The maximum atomic E-state index is 5.49. The van der Waals surface area contributed by atoms with Gasteiger partial charge in [0.1, 0.15) is 5.82 Å². The van der Waals surface area contributed by atoms with E-state index in [1.54, 1.807) is 0 Å². The van der Waals surface area contributed by atoms with E-state index in [0.717, 1.165) is 62.5 Å². The number of benzene rings is 2. The molecule has 1 saturated heterocycles. The quantitative estimate of drug-likeness (QED) is 0.678. The Morgan fingerprint density at radius 3 is 2.57 bits per heavy atom. The molecule has 3 aromatic rings. The number of hydrogen-bond donors (Lipinski definition) is 1. The van der Waals surface area contributed by atoms with Gasteiger partial charge in [0, 0.05) is 45.5 Å². The highest BCUT2D eigenvalue weighted by atomic mass is 16.7. The molecule has 2 aromatic carbocycles. The summed E-state index contributed by atoms with van der Waals surface area (Å²) in [6, 6.07) is 18.4. The highest BCUT2D eigenvalue weighted by Gasteiger charge is 2.20. The van der Waals surface area contributed by atoms with Crippen molar-refractivity contribution in [2.24, 2.45) is 0 Å². The molecular formula is C23H25N5O2. The number of ether oxygens (including phenoxy) is 2. The van der Waals surface area contributed by atoms with E-state index in [-0.39, 0.29) is 0 Å². The number of hydrogen-bond acceptors (Lipinski definition) is 7. The van der Waals surface area contributed by atoms with Crippen LogP contribution < -0.4 is 19.7 Å². The van der Waals surface area contributed by atoms with Crippen molar-refractivity contribution in [3.63, 3.8) is 0 Å². The van der Waals surface area contributed by atoms with Crippen LogP contribution in [0.1, 0.15) is 11.1 Å². The summed E-state index contributed by atoms with van der Waals surface area (Å²) >= 11 is 0. The maximum Gasteiger partial charge on any atom is 0.231 e. The van der Waals surface area contributed by atoms with Crippen molar-refractivity contribution >= 4 is 11.8 Å². The minimum Gasteiger partial charge on any atom is -0.454 e. The minimum atomic E-state index is 0.316. The Hall–Kier alpha value is -3.32. The lowest BCUT2D eigenvalue weighted by Crippen LogP contribution is -2.46. The van der Waals surface area contributed by atoms with Crippen LogP contribution >= 0.6 is 0 Å². The molecule has 0 atom stereocenters. The number of rotatable bonds is 6. The lowest BCUT2D eigenvalue weighted by molar-refractivity contribution is 0.174. The summed E-state index contributed by atoms with van der Waals surface area (Å²) in [7, 11) is 0. The molecule has 1 N–H and O–H groups in total. The zero-order valence-electron chi connectivity index (χ0n) is 16.8. The van der Waals surface area contributed by atoms with E-state index in [1.165, 1.54) is 11.1 Å². The summed E-state index contributed by atoms with van der Waals surface area (Å²) in [5.74, 6) is 3.32. The van der Waals surface area contributed by atoms with E-state index in [0.29, 0.717) is 6.79 Å². The first-order chi connectivity index (χ1) is 14.8. The highest BCUT2D eigenvalue weighted by molar-refractivity contribution is 5.45. The number of nitrogens with one attached hydrogen (secondary N) is 1. The van der Waals surface area contributed by atoms with Gasteiger partial charge in [-0.05, 0) is 29.3 Å². The van der Waals surface area contributed by atoms with Crippen LogP contribution in [0, 0.1) is 0 Å². The summed E-state index contributed by atoms with van der Waals surface area (Å²) < 4.78 is 10.9. The average Bonchev–Trinajstić information content (AvgIpc) is 3.27. The molecule has 1 fully saturated rings. The van der Waals surface area contributed by atoms with Gasteiger partial charge < -0.3 is 19.7 Å². The van der Waals surface area contributed by atoms with Gasteiger partial charge in [0.25, 0.3) is 0 Å². The fourth-order valence-electron chi connectivity index (χ4n) is 3.79. The van der Waals surface area contributed by atoms with Crippen molar-refractivity contribution in [2.45, 2.75) is 13.1 Å². The lowest BCUT2D eigenvalue weighted by atomic mass is 10.1. The monoisotopic (exact) mass is 403 g/mol. The minimum absolute atomic E-state index is 0.316. The van der Waals surface area contributed by atoms with Crippen LogP contribution in [0.4, 0.5) is 11.8 Å². The van der Waals surface area contributed by atoms with Crippen LogP contribution in [0.3, 0.4) is 0 Å². The third-order valence-corrected chi connectivity index (χ3v) is 5.46. The summed E-state index contributed by atoms with van der Waals surface area (Å²) in [6.07, 6.45) is 1.83. The third kappa shape index (κ3) is 4.31. The molecule has 2 aliphatic heterocycles. The summed E-state index contributed by atoms with van der Waals surface area (Å²) in [4.78, 5) is 13.9.